The van der Waals surface area contributed by atoms with Crippen LogP contribution >= 0.6 is 11.6 Å². The molecular weight excluding hydrogens is 436 g/mol. The zero-order valence-corrected chi connectivity index (χ0v) is 17.9. The van der Waals surface area contributed by atoms with E-state index >= 15 is 0 Å². The molecule has 3 heterocycles. The molecule has 3 aromatic heterocycles. The minimum absolute atomic E-state index is 0.0950. The van der Waals surface area contributed by atoms with E-state index in [2.05, 4.69) is 25.6 Å². The van der Waals surface area contributed by atoms with Crippen molar-refractivity contribution in [1.29, 1.82) is 0 Å². The van der Waals surface area contributed by atoms with Crippen LogP contribution < -0.4 is 15.7 Å². The molecule has 0 atom stereocenters. The number of halogens is 3. The molecule has 0 aliphatic carbocycles. The molecule has 0 unspecified atom stereocenters. The average Bonchev–Trinajstić information content (AvgIpc) is 3.21. The summed E-state index contributed by atoms with van der Waals surface area (Å²) < 4.78 is 35.4. The van der Waals surface area contributed by atoms with Crippen molar-refractivity contribution in [3.63, 3.8) is 0 Å². The number of aromatic nitrogens is 6. The van der Waals surface area contributed by atoms with E-state index in [0.29, 0.717) is 10.4 Å². The first-order valence-corrected chi connectivity index (χ1v) is 9.69. The third kappa shape index (κ3) is 4.29. The molecule has 13 heteroatoms. The fraction of sp³-hybridized carbons (Fsp3) is 0.389. The van der Waals surface area contributed by atoms with Gasteiger partial charge in [0.1, 0.15) is 23.1 Å². The fourth-order valence-corrected chi connectivity index (χ4v) is 3.03. The van der Waals surface area contributed by atoms with Crippen LogP contribution in [0.5, 0.6) is 5.88 Å². The summed E-state index contributed by atoms with van der Waals surface area (Å²) in [7, 11) is 0. The predicted octanol–water partition coefficient (Wildman–Crippen LogP) is 2.78. The van der Waals surface area contributed by atoms with Gasteiger partial charge in [0.15, 0.2) is 17.5 Å². The maximum absolute atomic E-state index is 14.9. The van der Waals surface area contributed by atoms with Crippen molar-refractivity contribution in [2.24, 2.45) is 0 Å². The lowest BCUT2D eigenvalue weighted by atomic mass is 10.2. The smallest absolute Gasteiger partial charge is 0.352 e. The molecule has 0 bridgehead atoms. The van der Waals surface area contributed by atoms with Crippen LogP contribution in [0.3, 0.4) is 0 Å². The molecule has 0 fully saturated rings. The summed E-state index contributed by atoms with van der Waals surface area (Å²) in [5.74, 6) is -2.70. The molecule has 3 aromatic rings. The molecule has 3 rings (SSSR count). The number of amides is 1. The number of hydrogen-bond acceptors (Lipinski definition) is 6. The van der Waals surface area contributed by atoms with Gasteiger partial charge in [-0.25, -0.2) is 13.6 Å². The maximum Gasteiger partial charge on any atom is 0.352 e. The zero-order valence-electron chi connectivity index (χ0n) is 17.2. The number of nitrogens with one attached hydrogen (secondary N) is 2. The number of aromatic amines is 1. The summed E-state index contributed by atoms with van der Waals surface area (Å²) in [5.41, 5.74) is -0.363. The molecule has 31 heavy (non-hydrogen) atoms. The van der Waals surface area contributed by atoms with Crippen molar-refractivity contribution >= 4 is 23.2 Å². The number of rotatable bonds is 7. The number of ether oxygens (including phenoxy) is 1. The van der Waals surface area contributed by atoms with E-state index in [4.69, 9.17) is 16.3 Å². The molecule has 2 N–H and O–H groups in total. The largest absolute Gasteiger partial charge is 0.474 e. The van der Waals surface area contributed by atoms with Gasteiger partial charge < -0.3 is 10.1 Å². The molecule has 0 spiro atoms. The Bertz CT molecular complexity index is 1170. The Kier molecular flexibility index (Phi) is 6.39. The van der Waals surface area contributed by atoms with Crippen LogP contribution in [0.1, 0.15) is 42.6 Å². The van der Waals surface area contributed by atoms with Crippen molar-refractivity contribution in [2.45, 2.75) is 47.0 Å². The molecule has 0 aromatic carbocycles. The Morgan fingerprint density at radius 2 is 2.13 bits per heavy atom. The van der Waals surface area contributed by atoms with E-state index < -0.39 is 36.0 Å². The molecule has 10 nitrogen and oxygen atoms in total. The van der Waals surface area contributed by atoms with Crippen LogP contribution in [0.4, 0.5) is 14.5 Å². The van der Waals surface area contributed by atoms with Gasteiger partial charge in [-0.3, -0.25) is 14.5 Å². The van der Waals surface area contributed by atoms with Crippen LogP contribution in [0.25, 0.3) is 5.82 Å². The Hall–Kier alpha value is -3.28. The highest BCUT2D eigenvalue weighted by Gasteiger charge is 2.25. The van der Waals surface area contributed by atoms with Crippen molar-refractivity contribution in [1.82, 2.24) is 29.5 Å². The van der Waals surface area contributed by atoms with E-state index in [-0.39, 0.29) is 34.7 Å². The van der Waals surface area contributed by atoms with Gasteiger partial charge in [-0.05, 0) is 33.8 Å². The predicted molar refractivity (Wildman–Crippen MR) is 108 cm³/mol. The van der Waals surface area contributed by atoms with Crippen molar-refractivity contribution in [3.05, 3.63) is 44.6 Å². The van der Waals surface area contributed by atoms with Gasteiger partial charge in [-0.1, -0.05) is 11.6 Å². The number of alkyl halides is 1. The number of carbonyl (C=O) groups excluding carboxylic acids is 1. The number of carbonyl (C=O) groups is 1. The lowest BCUT2D eigenvalue weighted by molar-refractivity contribution is 0.101. The Labute approximate surface area is 180 Å². The van der Waals surface area contributed by atoms with E-state index in [9.17, 15) is 18.4 Å². The first kappa shape index (κ1) is 22.4. The van der Waals surface area contributed by atoms with Gasteiger partial charge in [0.25, 0.3) is 5.91 Å². The van der Waals surface area contributed by atoms with Crippen molar-refractivity contribution in [2.75, 3.05) is 5.32 Å². The minimum Gasteiger partial charge on any atom is -0.474 e. The Morgan fingerprint density at radius 1 is 1.42 bits per heavy atom. The lowest BCUT2D eigenvalue weighted by Crippen LogP contribution is -2.26. The second kappa shape index (κ2) is 8.84. The number of nitrogens with zero attached hydrogens (tertiary/aromatic N) is 5. The summed E-state index contributed by atoms with van der Waals surface area (Å²) >= 11 is 5.97. The molecular formula is C18H20ClF2N7O3. The topological polar surface area (TPSA) is 120 Å². The van der Waals surface area contributed by atoms with Crippen molar-refractivity contribution in [3.8, 4) is 11.7 Å². The molecule has 0 saturated heterocycles. The fourth-order valence-electron chi connectivity index (χ4n) is 2.81. The number of anilines is 1. The molecule has 0 radical (unpaired) electrons. The SMILES string of the molecule is CCn1c(CF)nn(-c2nc(OC(C)C)c(C(=O)Nc3c(C)n[nH]c3Cl)cc2F)c1=O. The molecule has 0 aliphatic rings. The standard InChI is InChI=1S/C18H20ClF2N7O3/c1-5-27-12(7-20)26-28(18(27)30)15-11(21)6-10(17(23-15)31-8(2)3)16(29)22-13-9(4)24-25-14(13)19/h6,8H,5,7H2,1-4H3,(H,22,29)(H,24,25). The van der Waals surface area contributed by atoms with Gasteiger partial charge in [0, 0.05) is 6.54 Å². The summed E-state index contributed by atoms with van der Waals surface area (Å²) in [6.45, 7) is 5.73. The van der Waals surface area contributed by atoms with Crippen LogP contribution in [0.15, 0.2) is 10.9 Å². The minimum atomic E-state index is -1.02. The van der Waals surface area contributed by atoms with E-state index in [1.165, 1.54) is 0 Å². The first-order valence-electron chi connectivity index (χ1n) is 9.31. The molecule has 0 aliphatic heterocycles. The normalized spacial score (nSPS) is 11.2. The second-order valence-corrected chi connectivity index (χ2v) is 7.13. The number of aryl methyl sites for hydroxylation is 1. The third-order valence-electron chi connectivity index (χ3n) is 4.23. The summed E-state index contributed by atoms with van der Waals surface area (Å²) in [4.78, 5) is 29.3. The monoisotopic (exact) mass is 455 g/mol. The number of hydrogen-bond donors (Lipinski definition) is 2. The van der Waals surface area contributed by atoms with E-state index in [1.807, 2.05) is 0 Å². The highest BCUT2D eigenvalue weighted by atomic mass is 35.5. The Morgan fingerprint density at radius 3 is 2.65 bits per heavy atom. The highest BCUT2D eigenvalue weighted by Crippen LogP contribution is 2.26. The first-order chi connectivity index (χ1) is 14.7. The quantitative estimate of drug-likeness (QED) is 0.565. The van der Waals surface area contributed by atoms with Gasteiger partial charge in [0.05, 0.1) is 11.8 Å². The van der Waals surface area contributed by atoms with E-state index in [0.717, 1.165) is 10.6 Å². The van der Waals surface area contributed by atoms with Gasteiger partial charge in [-0.2, -0.15) is 14.8 Å². The van der Waals surface area contributed by atoms with Gasteiger partial charge >= 0.3 is 5.69 Å². The van der Waals surface area contributed by atoms with Crippen LogP contribution in [-0.2, 0) is 13.2 Å². The molecule has 1 amide bonds. The molecule has 0 saturated carbocycles. The molecule has 166 valence electrons. The highest BCUT2D eigenvalue weighted by molar-refractivity contribution is 6.33. The zero-order chi connectivity index (χ0) is 22.9. The lowest BCUT2D eigenvalue weighted by Gasteiger charge is -2.15. The summed E-state index contributed by atoms with van der Waals surface area (Å²) in [6.07, 6.45) is -0.428. The maximum atomic E-state index is 14.9. The summed E-state index contributed by atoms with van der Waals surface area (Å²) in [5, 5.41) is 12.8. The third-order valence-corrected chi connectivity index (χ3v) is 4.51. The Balaban J connectivity index is 2.11. The number of H-pyrrole nitrogens is 1. The number of pyridine rings is 1. The second-order valence-electron chi connectivity index (χ2n) is 6.75. The van der Waals surface area contributed by atoms with Crippen molar-refractivity contribution < 1.29 is 18.3 Å². The van der Waals surface area contributed by atoms with Crippen LogP contribution in [0, 0.1) is 12.7 Å². The van der Waals surface area contributed by atoms with E-state index in [1.54, 1.807) is 27.7 Å². The summed E-state index contributed by atoms with van der Waals surface area (Å²) in [6, 6.07) is 0.866. The van der Waals surface area contributed by atoms with Crippen LogP contribution in [-0.4, -0.2) is 41.5 Å². The van der Waals surface area contributed by atoms with Gasteiger partial charge in [0.2, 0.25) is 5.88 Å². The van der Waals surface area contributed by atoms with Gasteiger partial charge in [-0.15, -0.1) is 5.10 Å². The van der Waals surface area contributed by atoms with Crippen LogP contribution in [0.2, 0.25) is 5.15 Å². The average molecular weight is 456 g/mol.